The first-order valence-electron chi connectivity index (χ1n) is 8.55. The minimum absolute atomic E-state index is 0.116. The van der Waals surface area contributed by atoms with E-state index in [1.165, 1.54) is 0 Å². The summed E-state index contributed by atoms with van der Waals surface area (Å²) in [5, 5.41) is 3.23. The van der Waals surface area contributed by atoms with Crippen molar-refractivity contribution in [2.45, 2.75) is 13.3 Å². The van der Waals surface area contributed by atoms with Crippen molar-refractivity contribution in [1.29, 1.82) is 0 Å². The molecule has 1 N–H and O–H groups in total. The molecule has 0 saturated carbocycles. The summed E-state index contributed by atoms with van der Waals surface area (Å²) in [7, 11) is 1.68. The number of anilines is 1. The van der Waals surface area contributed by atoms with Crippen LogP contribution in [0.4, 0.5) is 10.5 Å². The van der Waals surface area contributed by atoms with E-state index in [-0.39, 0.29) is 12.0 Å². The first kappa shape index (κ1) is 19.0. The highest BCUT2D eigenvalue weighted by Crippen LogP contribution is 2.11. The summed E-state index contributed by atoms with van der Waals surface area (Å²) in [6, 6.07) is 3.57. The van der Waals surface area contributed by atoms with Gasteiger partial charge in [0.25, 0.3) is 5.91 Å². The van der Waals surface area contributed by atoms with Gasteiger partial charge in [0.2, 0.25) is 0 Å². The highest BCUT2D eigenvalue weighted by molar-refractivity contribution is 5.92. The Hall–Kier alpha value is -2.35. The van der Waals surface area contributed by atoms with E-state index < -0.39 is 0 Å². The van der Waals surface area contributed by atoms with E-state index in [2.05, 4.69) is 10.3 Å². The molecule has 0 aromatic carbocycles. The molecule has 2 heterocycles. The summed E-state index contributed by atoms with van der Waals surface area (Å²) in [6.07, 6.45) is 2.24. The van der Waals surface area contributed by atoms with Crippen LogP contribution in [0.25, 0.3) is 0 Å². The second kappa shape index (κ2) is 9.83. The molecule has 2 rings (SSSR count). The SMILES string of the molecule is CCOC(=O)N1CCN(C(=O)c2ccc(NCCCOC)cn2)CC1. The Morgan fingerprint density at radius 3 is 2.52 bits per heavy atom. The van der Waals surface area contributed by atoms with Gasteiger partial charge in [-0.05, 0) is 25.5 Å². The van der Waals surface area contributed by atoms with Crippen molar-refractivity contribution in [3.63, 3.8) is 0 Å². The van der Waals surface area contributed by atoms with Crippen molar-refractivity contribution < 1.29 is 19.1 Å². The van der Waals surface area contributed by atoms with Crippen LogP contribution in [-0.4, -0.2) is 79.8 Å². The Balaban J connectivity index is 1.82. The summed E-state index contributed by atoms with van der Waals surface area (Å²) in [5.74, 6) is -0.116. The molecule has 2 amide bonds. The first-order chi connectivity index (χ1) is 12.2. The van der Waals surface area contributed by atoms with Crippen LogP contribution in [0.2, 0.25) is 0 Å². The number of aromatic nitrogens is 1. The Morgan fingerprint density at radius 1 is 1.20 bits per heavy atom. The lowest BCUT2D eigenvalue weighted by Gasteiger charge is -2.33. The van der Waals surface area contributed by atoms with Gasteiger partial charge in [0.05, 0.1) is 18.5 Å². The highest BCUT2D eigenvalue weighted by atomic mass is 16.6. The Bertz CT molecular complexity index is 556. The number of pyridine rings is 1. The van der Waals surface area contributed by atoms with Gasteiger partial charge in [0, 0.05) is 46.4 Å². The maximum absolute atomic E-state index is 12.5. The zero-order chi connectivity index (χ0) is 18.1. The van der Waals surface area contributed by atoms with Gasteiger partial charge in [-0.15, -0.1) is 0 Å². The molecular formula is C17H26N4O4. The van der Waals surface area contributed by atoms with E-state index >= 15 is 0 Å². The second-order valence-corrected chi connectivity index (χ2v) is 5.68. The summed E-state index contributed by atoms with van der Waals surface area (Å²) < 4.78 is 9.97. The molecule has 0 spiro atoms. The molecule has 1 aromatic heterocycles. The quantitative estimate of drug-likeness (QED) is 0.749. The van der Waals surface area contributed by atoms with Crippen LogP contribution >= 0.6 is 0 Å². The topological polar surface area (TPSA) is 84.0 Å². The number of hydrogen-bond acceptors (Lipinski definition) is 6. The monoisotopic (exact) mass is 350 g/mol. The number of rotatable bonds is 7. The van der Waals surface area contributed by atoms with Crippen LogP contribution in [0.1, 0.15) is 23.8 Å². The number of amides is 2. The number of hydrogen-bond donors (Lipinski definition) is 1. The van der Waals surface area contributed by atoms with Gasteiger partial charge in [-0.1, -0.05) is 0 Å². The highest BCUT2D eigenvalue weighted by Gasteiger charge is 2.25. The molecule has 8 nitrogen and oxygen atoms in total. The number of piperazine rings is 1. The third kappa shape index (κ3) is 5.60. The molecule has 0 unspecified atom stereocenters. The fourth-order valence-corrected chi connectivity index (χ4v) is 2.54. The van der Waals surface area contributed by atoms with Gasteiger partial charge >= 0.3 is 6.09 Å². The summed E-state index contributed by atoms with van der Waals surface area (Å²) >= 11 is 0. The molecule has 1 aliphatic heterocycles. The standard InChI is InChI=1S/C17H26N4O4/c1-3-25-17(23)21-10-8-20(9-11-21)16(22)15-6-5-14(13-19-15)18-7-4-12-24-2/h5-6,13,18H,3-4,7-12H2,1-2H3. The smallest absolute Gasteiger partial charge is 0.409 e. The molecule has 1 fully saturated rings. The van der Waals surface area contributed by atoms with Crippen molar-refractivity contribution >= 4 is 17.7 Å². The summed E-state index contributed by atoms with van der Waals surface area (Å²) in [6.45, 7) is 5.54. The average molecular weight is 350 g/mol. The van der Waals surface area contributed by atoms with Crippen LogP contribution in [0, 0.1) is 0 Å². The van der Waals surface area contributed by atoms with Gasteiger partial charge in [-0.3, -0.25) is 4.79 Å². The van der Waals surface area contributed by atoms with Gasteiger partial charge in [0.1, 0.15) is 5.69 Å². The predicted molar refractivity (Wildman–Crippen MR) is 93.7 cm³/mol. The molecule has 0 aliphatic carbocycles. The maximum atomic E-state index is 12.5. The van der Waals surface area contributed by atoms with E-state index in [1.54, 1.807) is 36.1 Å². The average Bonchev–Trinajstić information content (AvgIpc) is 2.65. The summed E-state index contributed by atoms with van der Waals surface area (Å²) in [4.78, 5) is 31.8. The number of ether oxygens (including phenoxy) is 2. The van der Waals surface area contributed by atoms with Crippen LogP contribution < -0.4 is 5.32 Å². The molecule has 1 aliphatic rings. The number of nitrogens with zero attached hydrogens (tertiary/aromatic N) is 3. The molecular weight excluding hydrogens is 324 g/mol. The molecule has 8 heteroatoms. The second-order valence-electron chi connectivity index (χ2n) is 5.68. The molecule has 138 valence electrons. The van der Waals surface area contributed by atoms with Crippen molar-refractivity contribution in [3.05, 3.63) is 24.0 Å². The van der Waals surface area contributed by atoms with E-state index in [4.69, 9.17) is 9.47 Å². The van der Waals surface area contributed by atoms with Crippen molar-refractivity contribution in [3.8, 4) is 0 Å². The summed E-state index contributed by atoms with van der Waals surface area (Å²) in [5.41, 5.74) is 1.28. The minimum atomic E-state index is -0.323. The van der Waals surface area contributed by atoms with Crippen molar-refractivity contribution in [2.75, 3.05) is 58.4 Å². The van der Waals surface area contributed by atoms with Gasteiger partial charge in [-0.25, -0.2) is 9.78 Å². The van der Waals surface area contributed by atoms with Gasteiger partial charge in [0.15, 0.2) is 0 Å². The molecule has 0 radical (unpaired) electrons. The lowest BCUT2D eigenvalue weighted by molar-refractivity contribution is 0.0566. The number of nitrogens with one attached hydrogen (secondary N) is 1. The number of methoxy groups -OCH3 is 1. The molecule has 0 bridgehead atoms. The normalized spacial score (nSPS) is 14.3. The lowest BCUT2D eigenvalue weighted by Crippen LogP contribution is -2.50. The van der Waals surface area contributed by atoms with E-state index in [1.807, 2.05) is 6.07 Å². The fraction of sp³-hybridized carbons (Fsp3) is 0.588. The van der Waals surface area contributed by atoms with Gasteiger partial charge < -0.3 is 24.6 Å². The third-order valence-corrected chi connectivity index (χ3v) is 3.93. The third-order valence-electron chi connectivity index (χ3n) is 3.93. The largest absolute Gasteiger partial charge is 0.450 e. The lowest BCUT2D eigenvalue weighted by atomic mass is 10.2. The first-order valence-corrected chi connectivity index (χ1v) is 8.55. The molecule has 1 aromatic rings. The molecule has 0 atom stereocenters. The van der Waals surface area contributed by atoms with E-state index in [0.29, 0.717) is 45.1 Å². The van der Waals surface area contributed by atoms with Crippen LogP contribution in [0.3, 0.4) is 0 Å². The van der Waals surface area contributed by atoms with Crippen LogP contribution in [0.15, 0.2) is 18.3 Å². The zero-order valence-corrected chi connectivity index (χ0v) is 14.9. The van der Waals surface area contributed by atoms with Crippen molar-refractivity contribution in [1.82, 2.24) is 14.8 Å². The Morgan fingerprint density at radius 2 is 1.92 bits per heavy atom. The Kier molecular flexibility index (Phi) is 7.46. The van der Waals surface area contributed by atoms with E-state index in [0.717, 1.165) is 18.7 Å². The molecule has 1 saturated heterocycles. The predicted octanol–water partition coefficient (Wildman–Crippen LogP) is 1.44. The molecule has 25 heavy (non-hydrogen) atoms. The van der Waals surface area contributed by atoms with Crippen LogP contribution in [0.5, 0.6) is 0 Å². The van der Waals surface area contributed by atoms with Gasteiger partial charge in [-0.2, -0.15) is 0 Å². The number of carbonyl (C=O) groups excluding carboxylic acids is 2. The Labute approximate surface area is 148 Å². The maximum Gasteiger partial charge on any atom is 0.409 e. The van der Waals surface area contributed by atoms with Crippen LogP contribution in [-0.2, 0) is 9.47 Å². The van der Waals surface area contributed by atoms with Crippen molar-refractivity contribution in [2.24, 2.45) is 0 Å². The van der Waals surface area contributed by atoms with E-state index in [9.17, 15) is 9.59 Å². The number of carbonyl (C=O) groups is 2. The fourth-order valence-electron chi connectivity index (χ4n) is 2.54. The minimum Gasteiger partial charge on any atom is -0.450 e. The zero-order valence-electron chi connectivity index (χ0n) is 14.9.